The topological polar surface area (TPSA) is 3.24 Å². The lowest BCUT2D eigenvalue weighted by molar-refractivity contribution is 0.115. The first-order valence-electron chi connectivity index (χ1n) is 6.32. The predicted octanol–water partition coefficient (Wildman–Crippen LogP) is 3.93. The van der Waals surface area contributed by atoms with Crippen LogP contribution in [0, 0.1) is 5.92 Å². The van der Waals surface area contributed by atoms with Gasteiger partial charge >= 0.3 is 0 Å². The highest BCUT2D eigenvalue weighted by molar-refractivity contribution is 4.75. The summed E-state index contributed by atoms with van der Waals surface area (Å²) in [6, 6.07) is 1.52. The number of rotatable bonds is 7. The average molecular weight is 199 g/mol. The van der Waals surface area contributed by atoms with Crippen LogP contribution in [-0.2, 0) is 0 Å². The summed E-state index contributed by atoms with van der Waals surface area (Å²) in [5.41, 5.74) is 0. The molecule has 86 valence electrons. The molecular weight excluding hydrogens is 170 g/mol. The van der Waals surface area contributed by atoms with E-state index in [9.17, 15) is 0 Å². The number of hydrogen-bond acceptors (Lipinski definition) is 1. The maximum Gasteiger partial charge on any atom is 0.00929 e. The lowest BCUT2D eigenvalue weighted by atomic mass is 10.0. The molecule has 0 heterocycles. The van der Waals surface area contributed by atoms with Crippen molar-refractivity contribution in [1.82, 2.24) is 4.90 Å². The van der Waals surface area contributed by atoms with Crippen LogP contribution in [0.5, 0.6) is 0 Å². The van der Waals surface area contributed by atoms with E-state index < -0.39 is 0 Å². The molecule has 0 fully saturated rings. The Kier molecular flexibility index (Phi) is 7.26. The molecule has 1 atom stereocenters. The minimum atomic E-state index is 0.738. The summed E-state index contributed by atoms with van der Waals surface area (Å²) < 4.78 is 0. The van der Waals surface area contributed by atoms with Crippen LogP contribution in [-0.4, -0.2) is 23.5 Å². The molecule has 0 N–H and O–H groups in total. The van der Waals surface area contributed by atoms with Crippen molar-refractivity contribution in [3.05, 3.63) is 0 Å². The van der Waals surface area contributed by atoms with Gasteiger partial charge in [-0.15, -0.1) is 0 Å². The normalized spacial score (nSPS) is 14.4. The molecular formula is C13H29N. The van der Waals surface area contributed by atoms with E-state index in [0.29, 0.717) is 0 Å². The molecule has 0 spiro atoms. The van der Waals surface area contributed by atoms with Crippen LogP contribution in [0.15, 0.2) is 0 Å². The second kappa shape index (κ2) is 7.28. The standard InChI is InChI=1S/C13H29N/c1-7-12(6)14(10-11(4)5)13(8-2)9-3/h11-13H,7-10H2,1-6H3. The maximum atomic E-state index is 2.70. The predicted molar refractivity (Wildman–Crippen MR) is 65.7 cm³/mol. The zero-order chi connectivity index (χ0) is 11.1. The van der Waals surface area contributed by atoms with Gasteiger partial charge in [-0.05, 0) is 32.1 Å². The highest BCUT2D eigenvalue weighted by Gasteiger charge is 2.20. The van der Waals surface area contributed by atoms with Crippen LogP contribution in [0.2, 0.25) is 0 Å². The lowest BCUT2D eigenvalue weighted by Crippen LogP contribution is -2.43. The molecule has 0 rings (SSSR count). The van der Waals surface area contributed by atoms with Crippen LogP contribution in [0.3, 0.4) is 0 Å². The summed E-state index contributed by atoms with van der Waals surface area (Å²) in [7, 11) is 0. The van der Waals surface area contributed by atoms with Crippen molar-refractivity contribution in [2.45, 2.75) is 72.9 Å². The fourth-order valence-corrected chi connectivity index (χ4v) is 2.10. The monoisotopic (exact) mass is 199 g/mol. The number of hydrogen-bond donors (Lipinski definition) is 0. The molecule has 0 aromatic carbocycles. The molecule has 0 bridgehead atoms. The van der Waals surface area contributed by atoms with E-state index in [4.69, 9.17) is 0 Å². The van der Waals surface area contributed by atoms with Crippen molar-refractivity contribution >= 4 is 0 Å². The Balaban J connectivity index is 4.35. The van der Waals surface area contributed by atoms with Crippen molar-refractivity contribution < 1.29 is 0 Å². The molecule has 0 saturated carbocycles. The Morgan fingerprint density at radius 2 is 1.36 bits per heavy atom. The fourth-order valence-electron chi connectivity index (χ4n) is 2.10. The van der Waals surface area contributed by atoms with Gasteiger partial charge in [-0.3, -0.25) is 4.90 Å². The van der Waals surface area contributed by atoms with E-state index in [-0.39, 0.29) is 0 Å². The van der Waals surface area contributed by atoms with E-state index in [1.807, 2.05) is 0 Å². The first kappa shape index (κ1) is 14.0. The molecule has 0 aliphatic rings. The Labute approximate surface area is 90.9 Å². The van der Waals surface area contributed by atoms with Gasteiger partial charge < -0.3 is 0 Å². The SMILES string of the molecule is CCC(C)N(CC(C)C)C(CC)CC. The lowest BCUT2D eigenvalue weighted by Gasteiger charge is -2.36. The summed E-state index contributed by atoms with van der Waals surface area (Å²) in [4.78, 5) is 2.70. The van der Waals surface area contributed by atoms with Gasteiger partial charge in [-0.25, -0.2) is 0 Å². The minimum absolute atomic E-state index is 0.738. The first-order chi connectivity index (χ1) is 6.56. The Morgan fingerprint density at radius 1 is 0.857 bits per heavy atom. The molecule has 1 unspecified atom stereocenters. The molecule has 0 aromatic rings. The van der Waals surface area contributed by atoms with Crippen molar-refractivity contribution in [3.63, 3.8) is 0 Å². The third kappa shape index (κ3) is 4.45. The van der Waals surface area contributed by atoms with Crippen molar-refractivity contribution in [3.8, 4) is 0 Å². The van der Waals surface area contributed by atoms with Gasteiger partial charge in [-0.1, -0.05) is 34.6 Å². The summed E-state index contributed by atoms with van der Waals surface area (Å²) in [5, 5.41) is 0. The van der Waals surface area contributed by atoms with Crippen molar-refractivity contribution in [2.24, 2.45) is 5.92 Å². The van der Waals surface area contributed by atoms with Crippen LogP contribution in [0.1, 0.15) is 60.8 Å². The number of nitrogens with zero attached hydrogens (tertiary/aromatic N) is 1. The largest absolute Gasteiger partial charge is 0.297 e. The van der Waals surface area contributed by atoms with E-state index in [1.54, 1.807) is 0 Å². The zero-order valence-electron chi connectivity index (χ0n) is 11.0. The molecule has 0 aliphatic heterocycles. The van der Waals surface area contributed by atoms with E-state index in [0.717, 1.165) is 18.0 Å². The molecule has 0 aliphatic carbocycles. The molecule has 0 saturated heterocycles. The van der Waals surface area contributed by atoms with Gasteiger partial charge in [0.1, 0.15) is 0 Å². The van der Waals surface area contributed by atoms with E-state index >= 15 is 0 Å². The Bertz CT molecular complexity index is 127. The Morgan fingerprint density at radius 3 is 1.64 bits per heavy atom. The quantitative estimate of drug-likeness (QED) is 0.600. The van der Waals surface area contributed by atoms with Gasteiger partial charge in [0.2, 0.25) is 0 Å². The third-order valence-corrected chi connectivity index (χ3v) is 3.14. The van der Waals surface area contributed by atoms with Gasteiger partial charge in [0, 0.05) is 18.6 Å². The van der Waals surface area contributed by atoms with Crippen LogP contribution in [0.25, 0.3) is 0 Å². The van der Waals surface area contributed by atoms with E-state index in [1.165, 1.54) is 25.8 Å². The summed E-state index contributed by atoms with van der Waals surface area (Å²) in [6.07, 6.45) is 3.84. The van der Waals surface area contributed by atoms with Gasteiger partial charge in [0.05, 0.1) is 0 Å². The molecule has 0 aromatic heterocycles. The summed E-state index contributed by atoms with van der Waals surface area (Å²) in [6.45, 7) is 15.2. The third-order valence-electron chi connectivity index (χ3n) is 3.14. The van der Waals surface area contributed by atoms with Crippen molar-refractivity contribution in [1.29, 1.82) is 0 Å². The van der Waals surface area contributed by atoms with Gasteiger partial charge in [0.15, 0.2) is 0 Å². The van der Waals surface area contributed by atoms with Crippen LogP contribution < -0.4 is 0 Å². The van der Waals surface area contributed by atoms with Crippen molar-refractivity contribution in [2.75, 3.05) is 6.54 Å². The average Bonchev–Trinajstić information content (AvgIpc) is 2.16. The Hall–Kier alpha value is -0.0400. The van der Waals surface area contributed by atoms with Crippen LogP contribution >= 0.6 is 0 Å². The first-order valence-corrected chi connectivity index (χ1v) is 6.32. The molecule has 1 nitrogen and oxygen atoms in total. The highest BCUT2D eigenvalue weighted by Crippen LogP contribution is 2.16. The molecule has 14 heavy (non-hydrogen) atoms. The molecule has 1 heteroatoms. The summed E-state index contributed by atoms with van der Waals surface area (Å²) in [5.74, 6) is 0.782. The molecule has 0 amide bonds. The van der Waals surface area contributed by atoms with E-state index in [2.05, 4.69) is 46.4 Å². The zero-order valence-corrected chi connectivity index (χ0v) is 11.0. The minimum Gasteiger partial charge on any atom is -0.297 e. The maximum absolute atomic E-state index is 2.70. The fraction of sp³-hybridized carbons (Fsp3) is 1.00. The smallest absolute Gasteiger partial charge is 0.00929 e. The van der Waals surface area contributed by atoms with Crippen LogP contribution in [0.4, 0.5) is 0 Å². The molecule has 0 radical (unpaired) electrons. The van der Waals surface area contributed by atoms with Gasteiger partial charge in [0.25, 0.3) is 0 Å². The van der Waals surface area contributed by atoms with Gasteiger partial charge in [-0.2, -0.15) is 0 Å². The second-order valence-corrected chi connectivity index (χ2v) is 4.82. The second-order valence-electron chi connectivity index (χ2n) is 4.82. The summed E-state index contributed by atoms with van der Waals surface area (Å²) >= 11 is 0. The highest BCUT2D eigenvalue weighted by atomic mass is 15.2.